The predicted molar refractivity (Wildman–Crippen MR) is 50.7 cm³/mol. The van der Waals surface area contributed by atoms with Crippen molar-refractivity contribution < 1.29 is 15.0 Å². The van der Waals surface area contributed by atoms with E-state index in [-0.39, 0.29) is 13.1 Å². The van der Waals surface area contributed by atoms with Crippen LogP contribution in [0.4, 0.5) is 4.79 Å². The fraction of sp³-hybridized carbons (Fsp3) is 0.889. The van der Waals surface area contributed by atoms with Crippen molar-refractivity contribution in [3.05, 3.63) is 0 Å². The molecule has 13 heavy (non-hydrogen) atoms. The molecule has 1 saturated heterocycles. The minimum absolute atomic E-state index is 0.119. The van der Waals surface area contributed by atoms with Gasteiger partial charge in [-0.1, -0.05) is 0 Å². The number of nitrogens with zero attached hydrogens (tertiary/aromatic N) is 1. The highest BCUT2D eigenvalue weighted by Crippen LogP contribution is 2.09. The summed E-state index contributed by atoms with van der Waals surface area (Å²) >= 11 is 0. The lowest BCUT2D eigenvalue weighted by Gasteiger charge is -2.30. The Labute approximate surface area is 84.9 Å². The third-order valence-corrected chi connectivity index (χ3v) is 1.30. The van der Waals surface area contributed by atoms with E-state index in [4.69, 9.17) is 10.2 Å². The number of hydrogen-bond acceptors (Lipinski definition) is 3. The van der Waals surface area contributed by atoms with Gasteiger partial charge >= 0.3 is 6.09 Å². The standard InChI is InChI=1S/C9H18N2O2/c1-9(2,3)13-8(12)11-6-4-10-5-7-11/h10H,4-7H2,1-3H3/i6D2,7D2. The summed E-state index contributed by atoms with van der Waals surface area (Å²) in [5, 5.41) is 2.61. The quantitative estimate of drug-likeness (QED) is 0.615. The number of ether oxygens (including phenoxy) is 1. The maximum atomic E-state index is 11.8. The number of piperazine rings is 1. The van der Waals surface area contributed by atoms with Gasteiger partial charge in [-0.25, -0.2) is 4.79 Å². The van der Waals surface area contributed by atoms with Crippen molar-refractivity contribution >= 4 is 6.09 Å². The van der Waals surface area contributed by atoms with Gasteiger partial charge in [0.15, 0.2) is 0 Å². The Balaban J connectivity index is 2.94. The van der Waals surface area contributed by atoms with Crippen LogP contribution in [0.15, 0.2) is 0 Å². The van der Waals surface area contributed by atoms with Crippen LogP contribution in [0.5, 0.6) is 0 Å². The monoisotopic (exact) mass is 190 g/mol. The van der Waals surface area contributed by atoms with Crippen LogP contribution in [0.3, 0.4) is 0 Å². The van der Waals surface area contributed by atoms with Crippen molar-refractivity contribution in [3.63, 3.8) is 0 Å². The lowest BCUT2D eigenvalue weighted by molar-refractivity contribution is 0.0229. The first-order valence-electron chi connectivity index (χ1n) is 6.20. The van der Waals surface area contributed by atoms with E-state index in [1.165, 1.54) is 0 Å². The van der Waals surface area contributed by atoms with E-state index in [0.717, 1.165) is 0 Å². The molecule has 1 amide bonds. The zero-order valence-corrected chi connectivity index (χ0v) is 8.18. The molecule has 0 aromatic carbocycles. The molecular formula is C9H18N2O2. The van der Waals surface area contributed by atoms with Crippen molar-refractivity contribution in [2.24, 2.45) is 0 Å². The smallest absolute Gasteiger partial charge is 0.410 e. The van der Waals surface area contributed by atoms with Crippen LogP contribution >= 0.6 is 0 Å². The van der Waals surface area contributed by atoms with Gasteiger partial charge in [0.1, 0.15) is 5.60 Å². The molecular weight excluding hydrogens is 168 g/mol. The van der Waals surface area contributed by atoms with Crippen LogP contribution in [0.2, 0.25) is 0 Å². The van der Waals surface area contributed by atoms with E-state index in [9.17, 15) is 4.79 Å². The Morgan fingerprint density at radius 2 is 2.00 bits per heavy atom. The Morgan fingerprint density at radius 3 is 2.46 bits per heavy atom. The Morgan fingerprint density at radius 1 is 1.46 bits per heavy atom. The van der Waals surface area contributed by atoms with E-state index in [2.05, 4.69) is 5.32 Å². The number of rotatable bonds is 0. The van der Waals surface area contributed by atoms with E-state index in [1.807, 2.05) is 0 Å². The zero-order chi connectivity index (χ0) is 13.5. The molecule has 1 aliphatic rings. The van der Waals surface area contributed by atoms with Crippen LogP contribution in [-0.4, -0.2) is 42.7 Å². The number of hydrogen-bond donors (Lipinski definition) is 1. The van der Waals surface area contributed by atoms with Gasteiger partial charge in [0.25, 0.3) is 0 Å². The van der Waals surface area contributed by atoms with Gasteiger partial charge in [-0.05, 0) is 20.8 Å². The summed E-state index contributed by atoms with van der Waals surface area (Å²) in [7, 11) is 0. The molecule has 1 aliphatic heterocycles. The predicted octanol–water partition coefficient (Wildman–Crippen LogP) is 0.827. The van der Waals surface area contributed by atoms with Crippen molar-refractivity contribution in [2.45, 2.75) is 26.4 Å². The molecule has 76 valence electrons. The van der Waals surface area contributed by atoms with Crippen LogP contribution < -0.4 is 5.32 Å². The second kappa shape index (κ2) is 3.96. The summed E-state index contributed by atoms with van der Waals surface area (Å²) in [6, 6.07) is 0. The van der Waals surface area contributed by atoms with E-state index in [0.29, 0.717) is 4.90 Å². The second-order valence-electron chi connectivity index (χ2n) is 3.74. The largest absolute Gasteiger partial charge is 0.444 e. The topological polar surface area (TPSA) is 41.6 Å². The zero-order valence-electron chi connectivity index (χ0n) is 12.2. The van der Waals surface area contributed by atoms with Gasteiger partial charge in [-0.3, -0.25) is 0 Å². The van der Waals surface area contributed by atoms with Gasteiger partial charge in [0.05, 0.1) is 5.48 Å². The number of amides is 1. The highest BCUT2D eigenvalue weighted by Gasteiger charge is 2.22. The fourth-order valence-electron chi connectivity index (χ4n) is 0.825. The third kappa shape index (κ3) is 3.63. The molecule has 0 unspecified atom stereocenters. The van der Waals surface area contributed by atoms with Crippen molar-refractivity contribution in [1.29, 1.82) is 0 Å². The molecule has 4 nitrogen and oxygen atoms in total. The number of carbonyl (C=O) groups is 1. The first-order chi connectivity index (χ1) is 7.46. The van der Waals surface area contributed by atoms with E-state index < -0.39 is 24.7 Å². The average molecular weight is 190 g/mol. The third-order valence-electron chi connectivity index (χ3n) is 1.30. The Kier molecular flexibility index (Phi) is 1.78. The summed E-state index contributed by atoms with van der Waals surface area (Å²) in [6.07, 6.45) is -0.978. The molecule has 1 fully saturated rings. The molecule has 0 aliphatic carbocycles. The summed E-state index contributed by atoms with van der Waals surface area (Å²) < 4.78 is 35.7. The summed E-state index contributed by atoms with van der Waals surface area (Å²) in [5.41, 5.74) is -0.784. The maximum Gasteiger partial charge on any atom is 0.410 e. The number of nitrogens with one attached hydrogen (secondary N) is 1. The molecule has 1 N–H and O–H groups in total. The molecule has 0 bridgehead atoms. The molecule has 1 heterocycles. The van der Waals surface area contributed by atoms with Crippen molar-refractivity contribution in [1.82, 2.24) is 10.2 Å². The van der Waals surface area contributed by atoms with Crippen LogP contribution in [0.25, 0.3) is 0 Å². The number of carbonyl (C=O) groups excluding carboxylic acids is 1. The highest BCUT2D eigenvalue weighted by atomic mass is 16.6. The normalized spacial score (nSPS) is 30.8. The molecule has 0 radical (unpaired) electrons. The summed E-state index contributed by atoms with van der Waals surface area (Å²) in [4.78, 5) is 12.4. The summed E-state index contributed by atoms with van der Waals surface area (Å²) in [5.74, 6) is 0. The van der Waals surface area contributed by atoms with Gasteiger partial charge < -0.3 is 15.0 Å². The molecule has 0 aromatic heterocycles. The van der Waals surface area contributed by atoms with Crippen LogP contribution in [0, 0.1) is 0 Å². The lowest BCUT2D eigenvalue weighted by atomic mass is 10.2. The van der Waals surface area contributed by atoms with Gasteiger partial charge in [-0.15, -0.1) is 0 Å². The molecule has 0 atom stereocenters. The van der Waals surface area contributed by atoms with Gasteiger partial charge in [0.2, 0.25) is 0 Å². The first kappa shape index (κ1) is 5.86. The average Bonchev–Trinajstić information content (AvgIpc) is 1.94. The molecule has 4 heteroatoms. The lowest BCUT2D eigenvalue weighted by Crippen LogP contribution is -2.48. The molecule has 1 rings (SSSR count). The van der Waals surface area contributed by atoms with E-state index >= 15 is 0 Å². The molecule has 0 spiro atoms. The Bertz CT molecular complexity index is 299. The second-order valence-corrected chi connectivity index (χ2v) is 3.74. The SMILES string of the molecule is [2H]C1([2H])CNCC([2H])([2H])N1C(=O)OC(C)(C)C. The van der Waals surface area contributed by atoms with E-state index in [1.54, 1.807) is 20.8 Å². The van der Waals surface area contributed by atoms with Gasteiger partial charge in [-0.2, -0.15) is 0 Å². The fourth-order valence-corrected chi connectivity index (χ4v) is 0.825. The maximum absolute atomic E-state index is 11.8. The summed E-state index contributed by atoms with van der Waals surface area (Å²) in [6.45, 7) is 0.500. The minimum atomic E-state index is -2.11. The highest BCUT2D eigenvalue weighted by molar-refractivity contribution is 5.68. The molecule has 0 saturated carbocycles. The van der Waals surface area contributed by atoms with Crippen molar-refractivity contribution in [3.8, 4) is 0 Å². The van der Waals surface area contributed by atoms with Crippen molar-refractivity contribution in [2.75, 3.05) is 26.1 Å². The molecule has 0 aromatic rings. The first-order valence-corrected chi connectivity index (χ1v) is 4.20. The Hall–Kier alpha value is -0.770. The van der Waals surface area contributed by atoms with Gasteiger partial charge in [0, 0.05) is 26.1 Å². The van der Waals surface area contributed by atoms with Crippen LogP contribution in [0.1, 0.15) is 26.3 Å². The van der Waals surface area contributed by atoms with Crippen LogP contribution in [-0.2, 0) is 4.74 Å². The minimum Gasteiger partial charge on any atom is -0.444 e.